The average molecular weight is 417 g/mol. The highest BCUT2D eigenvalue weighted by molar-refractivity contribution is 8.77. The van der Waals surface area contributed by atoms with Crippen LogP contribution < -0.4 is 4.74 Å². The zero-order valence-corrected chi connectivity index (χ0v) is 17.2. The molecule has 3 rings (SSSR count). The van der Waals surface area contributed by atoms with Crippen LogP contribution in [0.25, 0.3) is 12.2 Å². The first-order valence-corrected chi connectivity index (χ1v) is 11.8. The Balaban J connectivity index is 1.43. The predicted molar refractivity (Wildman–Crippen MR) is 118 cm³/mol. The number of rotatable bonds is 8. The van der Waals surface area contributed by atoms with Crippen molar-refractivity contribution in [3.63, 3.8) is 0 Å². The maximum absolute atomic E-state index is 12.0. The molecule has 1 saturated heterocycles. The number of unbranched alkanes of at least 4 members (excludes halogenated alkanes) is 1. The van der Waals surface area contributed by atoms with E-state index in [2.05, 4.69) is 0 Å². The number of hydrogen-bond acceptors (Lipinski definition) is 6. The second kappa shape index (κ2) is 10.5. The van der Waals surface area contributed by atoms with Crippen LogP contribution in [0.3, 0.4) is 0 Å². The van der Waals surface area contributed by atoms with Crippen molar-refractivity contribution in [2.45, 2.75) is 37.4 Å². The number of phenolic OH excluding ortho intramolecular Hbond substituents is 2. The van der Waals surface area contributed by atoms with Crippen LogP contribution in [0.1, 0.15) is 43.2 Å². The van der Waals surface area contributed by atoms with Crippen molar-refractivity contribution in [1.82, 2.24) is 0 Å². The van der Waals surface area contributed by atoms with Gasteiger partial charge in [-0.05, 0) is 54.7 Å². The summed E-state index contributed by atoms with van der Waals surface area (Å²) in [5.74, 6) is 1.64. The molecule has 2 aromatic carbocycles. The molecule has 1 aliphatic rings. The smallest absolute Gasteiger partial charge is 0.311 e. The van der Waals surface area contributed by atoms with Gasteiger partial charge in [0.25, 0.3) is 0 Å². The van der Waals surface area contributed by atoms with E-state index >= 15 is 0 Å². The van der Waals surface area contributed by atoms with Gasteiger partial charge in [-0.2, -0.15) is 0 Å². The van der Waals surface area contributed by atoms with Crippen molar-refractivity contribution in [1.29, 1.82) is 0 Å². The quantitative estimate of drug-likeness (QED) is 0.184. The first kappa shape index (κ1) is 20.7. The lowest BCUT2D eigenvalue weighted by molar-refractivity contribution is -0.134. The minimum Gasteiger partial charge on any atom is -0.508 e. The summed E-state index contributed by atoms with van der Waals surface area (Å²) in [7, 11) is 3.93. The number of ether oxygens (including phenoxy) is 1. The van der Waals surface area contributed by atoms with E-state index in [1.54, 1.807) is 30.3 Å². The Morgan fingerprint density at radius 2 is 1.75 bits per heavy atom. The maximum Gasteiger partial charge on any atom is 0.311 e. The van der Waals surface area contributed by atoms with E-state index in [4.69, 9.17) is 4.74 Å². The van der Waals surface area contributed by atoms with Gasteiger partial charge in [-0.1, -0.05) is 52.3 Å². The summed E-state index contributed by atoms with van der Waals surface area (Å²) in [6.45, 7) is 0. The summed E-state index contributed by atoms with van der Waals surface area (Å²) in [5.41, 5.74) is 1.62. The molecule has 0 amide bonds. The van der Waals surface area contributed by atoms with Gasteiger partial charge >= 0.3 is 5.97 Å². The third kappa shape index (κ3) is 6.84. The zero-order chi connectivity index (χ0) is 19.8. The molecule has 2 N–H and O–H groups in total. The molecule has 1 atom stereocenters. The topological polar surface area (TPSA) is 66.8 Å². The van der Waals surface area contributed by atoms with Crippen LogP contribution in [0.2, 0.25) is 0 Å². The molecule has 0 aliphatic carbocycles. The minimum absolute atomic E-state index is 0.0165. The summed E-state index contributed by atoms with van der Waals surface area (Å²) in [5, 5.41) is 19.8. The highest BCUT2D eigenvalue weighted by Gasteiger charge is 2.16. The first-order valence-electron chi connectivity index (χ1n) is 9.38. The lowest BCUT2D eigenvalue weighted by Gasteiger charge is -2.07. The van der Waals surface area contributed by atoms with E-state index in [1.807, 2.05) is 39.8 Å². The molecular formula is C22H24O4S2. The molecule has 2 aromatic rings. The number of carbonyl (C=O) groups excluding carboxylic acids is 1. The molecule has 0 radical (unpaired) electrons. The molecule has 1 fully saturated rings. The Morgan fingerprint density at radius 1 is 1.04 bits per heavy atom. The summed E-state index contributed by atoms with van der Waals surface area (Å²) in [6.07, 6.45) is 8.52. The fourth-order valence-corrected chi connectivity index (χ4v) is 5.97. The van der Waals surface area contributed by atoms with Gasteiger partial charge in [-0.25, -0.2) is 0 Å². The van der Waals surface area contributed by atoms with E-state index in [-0.39, 0.29) is 17.5 Å². The summed E-state index contributed by atoms with van der Waals surface area (Å²) in [6, 6.07) is 11.7. The second-order valence-electron chi connectivity index (χ2n) is 6.73. The zero-order valence-electron chi connectivity index (χ0n) is 15.5. The SMILES string of the molecule is O=C(CCCCC1CCSS1)Oc1ccc(C=Cc2cc(O)cc(O)c2)cc1. The van der Waals surface area contributed by atoms with Crippen LogP contribution >= 0.6 is 21.6 Å². The van der Waals surface area contributed by atoms with Crippen LogP contribution in [0.15, 0.2) is 42.5 Å². The largest absolute Gasteiger partial charge is 0.508 e. The fraction of sp³-hybridized carbons (Fsp3) is 0.318. The second-order valence-corrected chi connectivity index (χ2v) is 9.52. The Hall–Kier alpha value is -2.05. The molecule has 1 unspecified atom stereocenters. The van der Waals surface area contributed by atoms with Crippen molar-refractivity contribution in [2.24, 2.45) is 0 Å². The molecule has 0 spiro atoms. The first-order chi connectivity index (χ1) is 13.6. The molecule has 148 valence electrons. The molecule has 1 aliphatic heterocycles. The standard InChI is InChI=1S/C22H24O4S2/c23-18-13-17(14-19(24)15-18)6-5-16-7-9-20(10-8-16)26-22(25)4-2-1-3-21-11-12-27-28-21/h5-10,13-15,21,23-24H,1-4,11-12H2. The monoisotopic (exact) mass is 416 g/mol. The van der Waals surface area contributed by atoms with Gasteiger partial charge in [0.1, 0.15) is 17.2 Å². The molecule has 0 bridgehead atoms. The number of aromatic hydroxyl groups is 2. The number of carbonyl (C=O) groups is 1. The van der Waals surface area contributed by atoms with Gasteiger partial charge in [0.15, 0.2) is 0 Å². The number of benzene rings is 2. The molecule has 4 nitrogen and oxygen atoms in total. The Kier molecular flexibility index (Phi) is 7.74. The number of hydrogen-bond donors (Lipinski definition) is 2. The van der Waals surface area contributed by atoms with Crippen molar-refractivity contribution >= 4 is 39.7 Å². The third-order valence-electron chi connectivity index (χ3n) is 4.39. The van der Waals surface area contributed by atoms with Crippen molar-refractivity contribution in [3.8, 4) is 17.2 Å². The van der Waals surface area contributed by atoms with Gasteiger partial charge < -0.3 is 14.9 Å². The number of phenols is 2. The lowest BCUT2D eigenvalue weighted by atomic mass is 10.1. The third-order valence-corrected chi connectivity index (χ3v) is 7.40. The van der Waals surface area contributed by atoms with E-state index in [1.165, 1.54) is 24.7 Å². The Bertz CT molecular complexity index is 792. The van der Waals surface area contributed by atoms with Gasteiger partial charge in [0.2, 0.25) is 0 Å². The highest BCUT2D eigenvalue weighted by Crippen LogP contribution is 2.39. The molecule has 6 heteroatoms. The fourth-order valence-electron chi connectivity index (χ4n) is 2.94. The van der Waals surface area contributed by atoms with Crippen LogP contribution in [0, 0.1) is 0 Å². The Labute approximate surface area is 173 Å². The van der Waals surface area contributed by atoms with Gasteiger partial charge in [0, 0.05) is 23.5 Å². The van der Waals surface area contributed by atoms with E-state index < -0.39 is 0 Å². The van der Waals surface area contributed by atoms with Gasteiger partial charge in [0.05, 0.1) is 0 Å². The van der Waals surface area contributed by atoms with E-state index in [0.717, 1.165) is 23.7 Å². The van der Waals surface area contributed by atoms with Crippen molar-refractivity contribution in [2.75, 3.05) is 5.75 Å². The maximum atomic E-state index is 12.0. The van der Waals surface area contributed by atoms with Gasteiger partial charge in [-0.15, -0.1) is 0 Å². The normalized spacial score (nSPS) is 16.5. The van der Waals surface area contributed by atoms with Crippen molar-refractivity contribution in [3.05, 3.63) is 53.6 Å². The molecule has 0 aromatic heterocycles. The van der Waals surface area contributed by atoms with Crippen molar-refractivity contribution < 1.29 is 19.7 Å². The minimum atomic E-state index is -0.188. The van der Waals surface area contributed by atoms with Gasteiger partial charge in [-0.3, -0.25) is 4.79 Å². The summed E-state index contributed by atoms with van der Waals surface area (Å²) >= 11 is 0. The molecular weight excluding hydrogens is 392 g/mol. The van der Waals surface area contributed by atoms with E-state index in [9.17, 15) is 15.0 Å². The number of esters is 1. The average Bonchev–Trinajstić information content (AvgIpc) is 3.17. The Morgan fingerprint density at radius 3 is 2.43 bits per heavy atom. The van der Waals surface area contributed by atoms with Crippen LogP contribution in [-0.4, -0.2) is 27.2 Å². The summed E-state index contributed by atoms with van der Waals surface area (Å²) in [4.78, 5) is 12.0. The van der Waals surface area contributed by atoms with Crippen LogP contribution in [-0.2, 0) is 4.79 Å². The molecule has 1 heterocycles. The van der Waals surface area contributed by atoms with Crippen LogP contribution in [0.4, 0.5) is 0 Å². The van der Waals surface area contributed by atoms with E-state index in [0.29, 0.717) is 17.7 Å². The summed E-state index contributed by atoms with van der Waals surface area (Å²) < 4.78 is 5.40. The molecule has 28 heavy (non-hydrogen) atoms. The predicted octanol–water partition coefficient (Wildman–Crippen LogP) is 5.89. The lowest BCUT2D eigenvalue weighted by Crippen LogP contribution is -2.08. The highest BCUT2D eigenvalue weighted by atomic mass is 33.1. The van der Waals surface area contributed by atoms with Crippen LogP contribution in [0.5, 0.6) is 17.2 Å². The molecule has 0 saturated carbocycles.